The Labute approximate surface area is 61.4 Å². The molecule has 0 aliphatic carbocycles. The van der Waals surface area contributed by atoms with E-state index >= 15 is 0 Å². The average molecular weight is 183 g/mol. The van der Waals surface area contributed by atoms with Gasteiger partial charge in [-0.3, -0.25) is 0 Å². The molecule has 1 aliphatic rings. The van der Waals surface area contributed by atoms with E-state index in [1.807, 2.05) is 0 Å². The summed E-state index contributed by atoms with van der Waals surface area (Å²) in [5, 5.41) is 2.73. The van der Waals surface area contributed by atoms with E-state index in [2.05, 4.69) is 24.3 Å². The molecule has 1 heterocycles. The zero-order valence-electron chi connectivity index (χ0n) is 5.13. The molecular formula is C8H8Se. The average Bonchev–Trinajstić information content (AvgIpc) is 2.33. The summed E-state index contributed by atoms with van der Waals surface area (Å²) in [6, 6.07) is 8.79. The van der Waals surface area contributed by atoms with Crippen molar-refractivity contribution in [3.63, 3.8) is 0 Å². The molecular weight excluding hydrogens is 175 g/mol. The second-order valence-corrected chi connectivity index (χ2v) is 4.33. The van der Waals surface area contributed by atoms with E-state index in [1.165, 1.54) is 10.6 Å². The number of fused-ring (bicyclic) bond motifs is 1. The number of rotatable bonds is 0. The first-order chi connectivity index (χ1) is 4.47. The fraction of sp³-hybridized carbons (Fsp3) is 0.250. The van der Waals surface area contributed by atoms with Gasteiger partial charge >= 0.3 is 61.0 Å². The van der Waals surface area contributed by atoms with Crippen LogP contribution < -0.4 is 0 Å². The Morgan fingerprint density at radius 1 is 1.00 bits per heavy atom. The van der Waals surface area contributed by atoms with E-state index in [9.17, 15) is 0 Å². The predicted molar refractivity (Wildman–Crippen MR) is 39.6 cm³/mol. The van der Waals surface area contributed by atoms with Gasteiger partial charge in [0, 0.05) is 0 Å². The standard InChI is InChI=1S/C8H8Se/c1-2-4-8-6-9-5-7(8)3-1/h1-4H,5-6H2. The quantitative estimate of drug-likeness (QED) is 0.533. The molecule has 1 heteroatoms. The molecule has 0 amide bonds. The molecule has 0 spiro atoms. The minimum atomic E-state index is 0.879. The van der Waals surface area contributed by atoms with Crippen molar-refractivity contribution in [2.24, 2.45) is 0 Å². The van der Waals surface area contributed by atoms with Gasteiger partial charge in [-0.15, -0.1) is 0 Å². The number of benzene rings is 1. The van der Waals surface area contributed by atoms with Crippen molar-refractivity contribution in [1.29, 1.82) is 0 Å². The van der Waals surface area contributed by atoms with Crippen molar-refractivity contribution in [2.75, 3.05) is 0 Å². The zero-order valence-corrected chi connectivity index (χ0v) is 6.84. The third-order valence-corrected chi connectivity index (χ3v) is 3.80. The SMILES string of the molecule is c1ccc2c(c1)C[Se]C2. The van der Waals surface area contributed by atoms with E-state index in [1.54, 1.807) is 11.1 Å². The summed E-state index contributed by atoms with van der Waals surface area (Å²) in [7, 11) is 0. The molecule has 0 saturated carbocycles. The van der Waals surface area contributed by atoms with Crippen LogP contribution in [0.4, 0.5) is 0 Å². The van der Waals surface area contributed by atoms with Crippen LogP contribution in [0, 0.1) is 0 Å². The molecule has 0 unspecified atom stereocenters. The van der Waals surface area contributed by atoms with Crippen molar-refractivity contribution >= 4 is 15.0 Å². The summed E-state index contributed by atoms with van der Waals surface area (Å²) in [6.07, 6.45) is 0. The summed E-state index contributed by atoms with van der Waals surface area (Å²) < 4.78 is 0. The monoisotopic (exact) mass is 184 g/mol. The van der Waals surface area contributed by atoms with Crippen molar-refractivity contribution in [2.45, 2.75) is 10.6 Å². The van der Waals surface area contributed by atoms with E-state index in [0.717, 1.165) is 15.0 Å². The third kappa shape index (κ3) is 0.910. The zero-order chi connectivity index (χ0) is 6.10. The van der Waals surface area contributed by atoms with Crippen LogP contribution in [0.25, 0.3) is 0 Å². The van der Waals surface area contributed by atoms with Crippen LogP contribution in [0.15, 0.2) is 24.3 Å². The minimum absolute atomic E-state index is 0.879. The Morgan fingerprint density at radius 3 is 2.11 bits per heavy atom. The summed E-state index contributed by atoms with van der Waals surface area (Å²) in [5.74, 6) is 0. The second kappa shape index (κ2) is 2.17. The molecule has 0 bridgehead atoms. The van der Waals surface area contributed by atoms with Crippen molar-refractivity contribution in [3.05, 3.63) is 35.4 Å². The van der Waals surface area contributed by atoms with Gasteiger partial charge in [0.25, 0.3) is 0 Å². The van der Waals surface area contributed by atoms with Crippen molar-refractivity contribution in [1.82, 2.24) is 0 Å². The summed E-state index contributed by atoms with van der Waals surface area (Å²) in [6.45, 7) is 0. The molecule has 0 aromatic heterocycles. The Kier molecular flexibility index (Phi) is 1.33. The van der Waals surface area contributed by atoms with Gasteiger partial charge in [0.1, 0.15) is 0 Å². The first kappa shape index (κ1) is 5.52. The molecule has 0 radical (unpaired) electrons. The number of hydrogen-bond donors (Lipinski definition) is 0. The molecule has 46 valence electrons. The Hall–Kier alpha value is -0.261. The van der Waals surface area contributed by atoms with Gasteiger partial charge in [-0.05, 0) is 0 Å². The van der Waals surface area contributed by atoms with Crippen LogP contribution in [0.1, 0.15) is 11.1 Å². The fourth-order valence-corrected chi connectivity index (χ4v) is 3.43. The van der Waals surface area contributed by atoms with Crippen molar-refractivity contribution in [3.8, 4) is 0 Å². The van der Waals surface area contributed by atoms with E-state index in [4.69, 9.17) is 0 Å². The third-order valence-electron chi connectivity index (χ3n) is 1.63. The van der Waals surface area contributed by atoms with Crippen LogP contribution in [0.5, 0.6) is 0 Å². The molecule has 1 aromatic carbocycles. The van der Waals surface area contributed by atoms with Crippen LogP contribution in [-0.4, -0.2) is 15.0 Å². The molecule has 0 saturated heterocycles. The van der Waals surface area contributed by atoms with Crippen LogP contribution in [-0.2, 0) is 10.6 Å². The molecule has 0 fully saturated rings. The van der Waals surface area contributed by atoms with Gasteiger partial charge in [0.2, 0.25) is 0 Å². The molecule has 0 atom stereocenters. The van der Waals surface area contributed by atoms with Gasteiger partial charge < -0.3 is 0 Å². The predicted octanol–water partition coefficient (Wildman–Crippen LogP) is 1.40. The van der Waals surface area contributed by atoms with Gasteiger partial charge in [0.15, 0.2) is 0 Å². The van der Waals surface area contributed by atoms with Gasteiger partial charge in [-0.25, -0.2) is 0 Å². The van der Waals surface area contributed by atoms with Crippen LogP contribution in [0.2, 0.25) is 0 Å². The first-order valence-electron chi connectivity index (χ1n) is 3.11. The maximum absolute atomic E-state index is 2.25. The molecule has 1 aliphatic heterocycles. The first-order valence-corrected chi connectivity index (χ1v) is 5.53. The fourth-order valence-electron chi connectivity index (χ4n) is 1.11. The van der Waals surface area contributed by atoms with Gasteiger partial charge in [-0.2, -0.15) is 0 Å². The Balaban J connectivity index is 2.54. The molecule has 2 rings (SSSR count). The Bertz CT molecular complexity index is 195. The maximum atomic E-state index is 2.25. The van der Waals surface area contributed by atoms with Gasteiger partial charge in [0.05, 0.1) is 0 Å². The van der Waals surface area contributed by atoms with Crippen LogP contribution in [0.3, 0.4) is 0 Å². The molecule has 1 aromatic rings. The van der Waals surface area contributed by atoms with Gasteiger partial charge in [-0.1, -0.05) is 0 Å². The summed E-state index contributed by atoms with van der Waals surface area (Å²) >= 11 is 0.879. The number of hydrogen-bond acceptors (Lipinski definition) is 0. The van der Waals surface area contributed by atoms with E-state index in [-0.39, 0.29) is 0 Å². The molecule has 0 nitrogen and oxygen atoms in total. The topological polar surface area (TPSA) is 0 Å². The summed E-state index contributed by atoms with van der Waals surface area (Å²) in [5.41, 5.74) is 3.19. The van der Waals surface area contributed by atoms with Crippen LogP contribution >= 0.6 is 0 Å². The van der Waals surface area contributed by atoms with Crippen molar-refractivity contribution < 1.29 is 0 Å². The molecule has 0 N–H and O–H groups in total. The Morgan fingerprint density at radius 2 is 1.56 bits per heavy atom. The summed E-state index contributed by atoms with van der Waals surface area (Å²) in [4.78, 5) is 0. The second-order valence-electron chi connectivity index (χ2n) is 2.26. The van der Waals surface area contributed by atoms with E-state index in [0.29, 0.717) is 0 Å². The normalized spacial score (nSPS) is 15.6. The van der Waals surface area contributed by atoms with E-state index < -0.39 is 0 Å². The molecule has 9 heavy (non-hydrogen) atoms.